The van der Waals surface area contributed by atoms with E-state index < -0.39 is 0 Å². The summed E-state index contributed by atoms with van der Waals surface area (Å²) in [7, 11) is 0. The van der Waals surface area contributed by atoms with Gasteiger partial charge in [0.2, 0.25) is 6.41 Å². The van der Waals surface area contributed by atoms with Gasteiger partial charge in [-0.1, -0.05) is 89.2 Å². The number of hydrogen-bond acceptors (Lipinski definition) is 8. The monoisotopic (exact) mass is 736 g/mol. The summed E-state index contributed by atoms with van der Waals surface area (Å²) in [5, 5.41) is 6.00. The predicted molar refractivity (Wildman–Crippen MR) is 218 cm³/mol. The van der Waals surface area contributed by atoms with Crippen LogP contribution in [-0.4, -0.2) is 50.7 Å². The first-order valence-corrected chi connectivity index (χ1v) is 19.1. The molecule has 1 aliphatic rings. The highest BCUT2D eigenvalue weighted by molar-refractivity contribution is 7.99. The van der Waals surface area contributed by atoms with Crippen LogP contribution >= 0.6 is 23.4 Å². The van der Waals surface area contributed by atoms with Gasteiger partial charge in [0.1, 0.15) is 22.3 Å². The van der Waals surface area contributed by atoms with Gasteiger partial charge in [0, 0.05) is 23.2 Å². The van der Waals surface area contributed by atoms with Crippen molar-refractivity contribution in [2.24, 2.45) is 5.73 Å². The van der Waals surface area contributed by atoms with Gasteiger partial charge in [0.05, 0.1) is 22.1 Å². The maximum Gasteiger partial charge on any atom is 0.204 e. The summed E-state index contributed by atoms with van der Waals surface area (Å²) in [6.07, 6.45) is 6.55. The third kappa shape index (κ3) is 14.6. The number of primary amides is 1. The molecule has 0 spiro atoms. The van der Waals surface area contributed by atoms with Crippen molar-refractivity contribution in [1.29, 1.82) is 0 Å². The van der Waals surface area contributed by atoms with Crippen LogP contribution in [0.5, 0.6) is 0 Å². The summed E-state index contributed by atoms with van der Waals surface area (Å²) in [5.41, 5.74) is 9.07. The van der Waals surface area contributed by atoms with Crippen LogP contribution < -0.4 is 11.1 Å². The summed E-state index contributed by atoms with van der Waals surface area (Å²) in [5.74, 6) is 0.815. The molecule has 5 rings (SSSR count). The van der Waals surface area contributed by atoms with E-state index in [0.29, 0.717) is 10.7 Å². The summed E-state index contributed by atoms with van der Waals surface area (Å²) < 4.78 is 0. The van der Waals surface area contributed by atoms with Crippen LogP contribution in [-0.2, 0) is 15.0 Å². The van der Waals surface area contributed by atoms with Crippen molar-refractivity contribution >= 4 is 52.8 Å². The Morgan fingerprint density at radius 1 is 1.06 bits per heavy atom. The van der Waals surface area contributed by atoms with E-state index in [1.54, 1.807) is 0 Å². The number of aromatic nitrogens is 3. The van der Waals surface area contributed by atoms with Crippen molar-refractivity contribution in [3.8, 4) is 0 Å². The van der Waals surface area contributed by atoms with Gasteiger partial charge < -0.3 is 15.8 Å². The lowest BCUT2D eigenvalue weighted by Gasteiger charge is -2.34. The number of hydrogen-bond donors (Lipinski definition) is 2. The zero-order valence-corrected chi connectivity index (χ0v) is 34.5. The first kappa shape index (κ1) is 45.5. The van der Waals surface area contributed by atoms with E-state index in [2.05, 4.69) is 106 Å². The molecule has 3 aromatic heterocycles. The van der Waals surface area contributed by atoms with Crippen LogP contribution in [0.4, 0.5) is 5.82 Å². The Balaban J connectivity index is 0.000000599. The lowest BCUT2D eigenvalue weighted by molar-refractivity contribution is -0.107. The van der Waals surface area contributed by atoms with Gasteiger partial charge >= 0.3 is 0 Å². The predicted octanol–water partition coefficient (Wildman–Crippen LogP) is 10.6. The van der Waals surface area contributed by atoms with Gasteiger partial charge in [-0.2, -0.15) is 0 Å². The van der Waals surface area contributed by atoms with Gasteiger partial charge in [-0.05, 0) is 114 Å². The van der Waals surface area contributed by atoms with Crippen molar-refractivity contribution in [2.75, 3.05) is 11.9 Å². The van der Waals surface area contributed by atoms with Crippen LogP contribution in [0.1, 0.15) is 118 Å². The smallest absolute Gasteiger partial charge is 0.204 e. The van der Waals surface area contributed by atoms with Crippen LogP contribution in [0.15, 0.2) is 70.7 Å². The summed E-state index contributed by atoms with van der Waals surface area (Å²) in [4.78, 5) is 35.0. The molecule has 1 amide bonds. The maximum absolute atomic E-state index is 8.81. The van der Waals surface area contributed by atoms with Gasteiger partial charge in [0.25, 0.3) is 0 Å². The molecule has 280 valence electrons. The van der Waals surface area contributed by atoms with E-state index in [0.717, 1.165) is 56.6 Å². The minimum absolute atomic E-state index is 0.0777. The van der Waals surface area contributed by atoms with Crippen molar-refractivity contribution in [3.63, 3.8) is 0 Å². The molecule has 0 radical (unpaired) electrons. The second kappa shape index (κ2) is 22.4. The molecule has 10 heteroatoms. The standard InChI is InChI=1S/C27H29ClN4S.C9H19N.C2H4O.C2H6.CH3NO/c1-6-20(21-16-19(13-14-29-21)27(3,4)5)30-23-11-8-12-24(31-23)33-22-15-18-10-7-9-17(2)25(18)32-26(22)28;1-8(2)10-7-5-6-9(10,3)4;1-2-3;1-2;2-1-3/h7-16,20H,6H2,1-5H3,(H,30,31);8H,5-7H2,1-4H3;2H,1H3;1-2H3;1H,(H2,2,3). The number of likely N-dealkylation sites (tertiary alicyclic amines) is 1. The Morgan fingerprint density at radius 3 is 2.22 bits per heavy atom. The van der Waals surface area contributed by atoms with E-state index in [4.69, 9.17) is 26.2 Å². The fraction of sp³-hybridized carbons (Fsp3) is 0.488. The van der Waals surface area contributed by atoms with Gasteiger partial charge in [-0.3, -0.25) is 14.7 Å². The SMILES string of the molecule is CC.CC(C)N1CCCC1(C)C.CC=O.CCC(Nc1cccc(Sc2cc3cccc(C)c3nc2Cl)n1)c1cc(C(C)(C)C)ccn1.NC=O. The Morgan fingerprint density at radius 2 is 1.69 bits per heavy atom. The number of nitrogens with one attached hydrogen (secondary N) is 1. The number of carbonyl (C=O) groups excluding carboxylic acids is 2. The molecule has 1 fully saturated rings. The minimum Gasteiger partial charge on any atom is -0.372 e. The highest BCUT2D eigenvalue weighted by Gasteiger charge is 2.33. The zero-order valence-electron chi connectivity index (χ0n) is 32.9. The summed E-state index contributed by atoms with van der Waals surface area (Å²) >= 11 is 8.04. The zero-order chi connectivity index (χ0) is 38.8. The van der Waals surface area contributed by atoms with E-state index in [1.165, 1.54) is 43.6 Å². The number of fused-ring (bicyclic) bond motifs is 1. The molecule has 0 saturated carbocycles. The summed E-state index contributed by atoms with van der Waals surface area (Å²) in [6.45, 7) is 26.9. The van der Waals surface area contributed by atoms with Crippen LogP contribution in [0.2, 0.25) is 5.15 Å². The molecule has 0 bridgehead atoms. The number of aldehydes is 1. The number of carbonyl (C=O) groups is 2. The third-order valence-electron chi connectivity index (χ3n) is 8.23. The average Bonchev–Trinajstić information content (AvgIpc) is 3.45. The summed E-state index contributed by atoms with van der Waals surface area (Å²) in [6, 6.07) is 19.3. The lowest BCUT2D eigenvalue weighted by Crippen LogP contribution is -2.42. The number of nitrogens with two attached hydrogens (primary N) is 1. The van der Waals surface area contributed by atoms with E-state index in [-0.39, 0.29) is 17.9 Å². The molecule has 1 saturated heterocycles. The van der Waals surface area contributed by atoms with Crippen molar-refractivity contribution in [2.45, 2.75) is 135 Å². The van der Waals surface area contributed by atoms with E-state index in [1.807, 2.05) is 57.3 Å². The van der Waals surface area contributed by atoms with Crippen molar-refractivity contribution < 1.29 is 9.59 Å². The molecular weight excluding hydrogens is 676 g/mol. The largest absolute Gasteiger partial charge is 0.372 e. The van der Waals surface area contributed by atoms with Gasteiger partial charge in [0.15, 0.2) is 0 Å². The molecule has 51 heavy (non-hydrogen) atoms. The Kier molecular flexibility index (Phi) is 20.0. The van der Waals surface area contributed by atoms with Crippen molar-refractivity contribution in [1.82, 2.24) is 19.9 Å². The number of anilines is 1. The molecule has 1 unspecified atom stereocenters. The molecule has 0 aliphatic carbocycles. The Labute approximate surface area is 316 Å². The second-order valence-corrected chi connectivity index (χ2v) is 15.2. The Bertz CT molecular complexity index is 1630. The number of amides is 1. The minimum atomic E-state index is 0.0777. The number of pyridine rings is 3. The first-order valence-electron chi connectivity index (χ1n) is 17.9. The van der Waals surface area contributed by atoms with Crippen LogP contribution in [0.3, 0.4) is 0 Å². The highest BCUT2D eigenvalue weighted by Crippen LogP contribution is 2.35. The lowest BCUT2D eigenvalue weighted by atomic mass is 9.87. The fourth-order valence-electron chi connectivity index (χ4n) is 5.80. The highest BCUT2D eigenvalue weighted by atomic mass is 35.5. The number of para-hydroxylation sites is 1. The topological polar surface area (TPSA) is 114 Å². The Hall–Kier alpha value is -3.53. The van der Waals surface area contributed by atoms with Crippen molar-refractivity contribution in [3.05, 3.63) is 82.8 Å². The number of aryl methyl sites for hydroxylation is 1. The normalized spacial score (nSPS) is 13.9. The molecular formula is C41H61ClN6O2S. The number of benzene rings is 1. The average molecular weight is 737 g/mol. The number of halogens is 1. The maximum atomic E-state index is 8.81. The van der Waals surface area contributed by atoms with Crippen LogP contribution in [0, 0.1) is 6.92 Å². The molecule has 4 heterocycles. The molecule has 4 aromatic rings. The third-order valence-corrected chi connectivity index (χ3v) is 9.60. The van der Waals surface area contributed by atoms with Crippen LogP contribution in [0.25, 0.3) is 10.9 Å². The first-order chi connectivity index (χ1) is 24.1. The van der Waals surface area contributed by atoms with Gasteiger partial charge in [-0.25, -0.2) is 9.97 Å². The number of nitrogens with zero attached hydrogens (tertiary/aromatic N) is 4. The molecule has 1 atom stereocenters. The number of rotatable bonds is 7. The van der Waals surface area contributed by atoms with E-state index >= 15 is 0 Å². The van der Waals surface area contributed by atoms with E-state index in [9.17, 15) is 0 Å². The molecule has 1 aromatic carbocycles. The molecule has 1 aliphatic heterocycles. The second-order valence-electron chi connectivity index (χ2n) is 13.8. The molecule has 3 N–H and O–H groups in total. The fourth-order valence-corrected chi connectivity index (χ4v) is 6.88. The van der Waals surface area contributed by atoms with Gasteiger partial charge in [-0.15, -0.1) is 0 Å². The molecule has 8 nitrogen and oxygen atoms in total. The quantitative estimate of drug-likeness (QED) is 0.142.